The Morgan fingerprint density at radius 2 is 2.13 bits per heavy atom. The van der Waals surface area contributed by atoms with E-state index in [0.29, 0.717) is 17.4 Å². The molecule has 1 atom stereocenters. The third kappa shape index (κ3) is 5.19. The highest BCUT2D eigenvalue weighted by Gasteiger charge is 2.07. The van der Waals surface area contributed by atoms with Crippen molar-refractivity contribution in [1.29, 1.82) is 0 Å². The summed E-state index contributed by atoms with van der Waals surface area (Å²) in [5.41, 5.74) is 0.854. The first-order valence-electron chi connectivity index (χ1n) is 5.12. The molecule has 15 heavy (non-hydrogen) atoms. The van der Waals surface area contributed by atoms with E-state index < -0.39 is 0 Å². The Hall–Kier alpha value is -0.540. The van der Waals surface area contributed by atoms with Crippen molar-refractivity contribution in [3.8, 4) is 0 Å². The molecule has 0 aliphatic heterocycles. The van der Waals surface area contributed by atoms with E-state index in [9.17, 15) is 9.50 Å². The number of benzene rings is 1. The first-order valence-corrected chi connectivity index (χ1v) is 6.17. The maximum Gasteiger partial charge on any atom is 0.123 e. The second-order valence-electron chi connectivity index (χ2n) is 3.87. The minimum atomic E-state index is -0.390. The van der Waals surface area contributed by atoms with Gasteiger partial charge >= 0.3 is 0 Å². The van der Waals surface area contributed by atoms with Gasteiger partial charge in [-0.3, -0.25) is 0 Å². The van der Waals surface area contributed by atoms with Crippen LogP contribution in [0.3, 0.4) is 0 Å². The Balaban J connectivity index is 2.40. The van der Waals surface area contributed by atoms with Crippen molar-refractivity contribution in [2.24, 2.45) is 0 Å². The summed E-state index contributed by atoms with van der Waals surface area (Å²) >= 11 is 1.72. The van der Waals surface area contributed by atoms with Gasteiger partial charge in [0.25, 0.3) is 0 Å². The minimum absolute atomic E-state index is 0.240. The summed E-state index contributed by atoms with van der Waals surface area (Å²) in [6, 6.07) is 6.40. The predicted molar refractivity (Wildman–Crippen MR) is 63.7 cm³/mol. The number of aliphatic hydroxyl groups is 1. The summed E-state index contributed by atoms with van der Waals surface area (Å²) in [7, 11) is 0. The van der Waals surface area contributed by atoms with Gasteiger partial charge in [-0.15, -0.1) is 0 Å². The van der Waals surface area contributed by atoms with Crippen LogP contribution < -0.4 is 0 Å². The van der Waals surface area contributed by atoms with E-state index in [1.165, 1.54) is 12.1 Å². The van der Waals surface area contributed by atoms with Crippen molar-refractivity contribution < 1.29 is 9.50 Å². The molecule has 1 rings (SSSR count). The molecule has 0 aromatic heterocycles. The van der Waals surface area contributed by atoms with E-state index in [-0.39, 0.29) is 11.9 Å². The van der Waals surface area contributed by atoms with Crippen LogP contribution in [-0.4, -0.2) is 22.2 Å². The van der Waals surface area contributed by atoms with Crippen molar-refractivity contribution in [2.45, 2.75) is 31.6 Å². The molecule has 1 unspecified atom stereocenters. The second kappa shape index (κ2) is 6.13. The monoisotopic (exact) mass is 228 g/mol. The maximum absolute atomic E-state index is 12.8. The molecule has 0 fully saturated rings. The summed E-state index contributed by atoms with van der Waals surface area (Å²) in [6.07, 6.45) is 0.136. The number of hydrogen-bond donors (Lipinski definition) is 1. The van der Waals surface area contributed by atoms with Crippen molar-refractivity contribution in [2.75, 3.05) is 5.75 Å². The Kier molecular flexibility index (Phi) is 5.12. The van der Waals surface area contributed by atoms with Crippen molar-refractivity contribution in [1.82, 2.24) is 0 Å². The SMILES string of the molecule is CC(C)SCC(O)Cc1cccc(F)c1. The highest BCUT2D eigenvalue weighted by atomic mass is 32.2. The van der Waals surface area contributed by atoms with Gasteiger partial charge in [-0.25, -0.2) is 4.39 Å². The topological polar surface area (TPSA) is 20.2 Å². The first kappa shape index (κ1) is 12.5. The molecule has 0 radical (unpaired) electrons. The lowest BCUT2D eigenvalue weighted by Gasteiger charge is -2.11. The largest absolute Gasteiger partial charge is 0.392 e. The average Bonchev–Trinajstić information content (AvgIpc) is 2.15. The smallest absolute Gasteiger partial charge is 0.123 e. The van der Waals surface area contributed by atoms with Crippen LogP contribution in [0, 0.1) is 5.82 Å². The van der Waals surface area contributed by atoms with E-state index in [4.69, 9.17) is 0 Å². The molecule has 0 bridgehead atoms. The first-order chi connectivity index (χ1) is 7.08. The van der Waals surface area contributed by atoms with Crippen LogP contribution in [-0.2, 0) is 6.42 Å². The minimum Gasteiger partial charge on any atom is -0.392 e. The summed E-state index contributed by atoms with van der Waals surface area (Å²) < 4.78 is 12.8. The molecule has 0 amide bonds. The molecular formula is C12H17FOS. The van der Waals surface area contributed by atoms with Gasteiger partial charge < -0.3 is 5.11 Å². The zero-order valence-electron chi connectivity index (χ0n) is 9.11. The molecule has 84 valence electrons. The van der Waals surface area contributed by atoms with Gasteiger partial charge in [0.15, 0.2) is 0 Å². The van der Waals surface area contributed by atoms with Crippen molar-refractivity contribution in [3.63, 3.8) is 0 Å². The standard InChI is InChI=1S/C12H17FOS/c1-9(2)15-8-12(14)7-10-4-3-5-11(13)6-10/h3-6,9,12,14H,7-8H2,1-2H3. The molecule has 0 spiro atoms. The zero-order valence-corrected chi connectivity index (χ0v) is 9.93. The van der Waals surface area contributed by atoms with Gasteiger partial charge in [-0.05, 0) is 29.4 Å². The van der Waals surface area contributed by atoms with Crippen LogP contribution in [0.25, 0.3) is 0 Å². The van der Waals surface area contributed by atoms with Gasteiger partial charge in [0.2, 0.25) is 0 Å². The quantitative estimate of drug-likeness (QED) is 0.836. The molecule has 0 aliphatic rings. The summed E-state index contributed by atoms with van der Waals surface area (Å²) in [5, 5.41) is 10.2. The van der Waals surface area contributed by atoms with Crippen LogP contribution in [0.15, 0.2) is 24.3 Å². The Labute approximate surface area is 94.7 Å². The van der Waals surface area contributed by atoms with Gasteiger partial charge in [-0.2, -0.15) is 11.8 Å². The average molecular weight is 228 g/mol. The Morgan fingerprint density at radius 3 is 2.73 bits per heavy atom. The molecule has 3 heteroatoms. The summed E-state index contributed by atoms with van der Waals surface area (Å²) in [5.74, 6) is 0.463. The van der Waals surface area contributed by atoms with Gasteiger partial charge in [-0.1, -0.05) is 26.0 Å². The van der Waals surface area contributed by atoms with Crippen LogP contribution >= 0.6 is 11.8 Å². The number of thioether (sulfide) groups is 1. The fourth-order valence-corrected chi connectivity index (χ4v) is 2.02. The van der Waals surface area contributed by atoms with Gasteiger partial charge in [0.1, 0.15) is 5.82 Å². The van der Waals surface area contributed by atoms with Crippen molar-refractivity contribution in [3.05, 3.63) is 35.6 Å². The number of aliphatic hydroxyl groups excluding tert-OH is 1. The zero-order chi connectivity index (χ0) is 11.3. The van der Waals surface area contributed by atoms with E-state index in [0.717, 1.165) is 5.56 Å². The summed E-state index contributed by atoms with van der Waals surface area (Å²) in [4.78, 5) is 0. The summed E-state index contributed by atoms with van der Waals surface area (Å²) in [6.45, 7) is 4.19. The number of rotatable bonds is 5. The fraction of sp³-hybridized carbons (Fsp3) is 0.500. The van der Waals surface area contributed by atoms with Crippen LogP contribution in [0.1, 0.15) is 19.4 Å². The lowest BCUT2D eigenvalue weighted by atomic mass is 10.1. The molecule has 1 nitrogen and oxygen atoms in total. The van der Waals surface area contributed by atoms with Gasteiger partial charge in [0.05, 0.1) is 6.10 Å². The molecule has 1 N–H and O–H groups in total. The molecule has 0 aliphatic carbocycles. The highest BCUT2D eigenvalue weighted by molar-refractivity contribution is 7.99. The van der Waals surface area contributed by atoms with Crippen LogP contribution in [0.5, 0.6) is 0 Å². The lowest BCUT2D eigenvalue weighted by Crippen LogP contribution is -2.14. The third-order valence-corrected chi connectivity index (χ3v) is 3.23. The van der Waals surface area contributed by atoms with E-state index in [1.807, 2.05) is 6.07 Å². The molecule has 0 saturated carbocycles. The second-order valence-corrected chi connectivity index (χ2v) is 5.48. The molecule has 0 saturated heterocycles. The molecular weight excluding hydrogens is 211 g/mol. The fourth-order valence-electron chi connectivity index (χ4n) is 1.30. The third-order valence-electron chi connectivity index (χ3n) is 1.98. The Bertz CT molecular complexity index is 301. The maximum atomic E-state index is 12.8. The Morgan fingerprint density at radius 1 is 1.40 bits per heavy atom. The van der Waals surface area contributed by atoms with Crippen LogP contribution in [0.4, 0.5) is 4.39 Å². The molecule has 1 aromatic rings. The van der Waals surface area contributed by atoms with E-state index >= 15 is 0 Å². The normalized spacial score (nSPS) is 13.1. The van der Waals surface area contributed by atoms with Crippen LogP contribution in [0.2, 0.25) is 0 Å². The van der Waals surface area contributed by atoms with E-state index in [2.05, 4.69) is 13.8 Å². The molecule has 1 aromatic carbocycles. The highest BCUT2D eigenvalue weighted by Crippen LogP contribution is 2.14. The predicted octanol–water partition coefficient (Wildman–Crippen LogP) is 2.87. The van der Waals surface area contributed by atoms with E-state index in [1.54, 1.807) is 17.8 Å². The lowest BCUT2D eigenvalue weighted by molar-refractivity contribution is 0.200. The number of halogens is 1. The van der Waals surface area contributed by atoms with Gasteiger partial charge in [0, 0.05) is 5.75 Å². The molecule has 0 heterocycles. The number of hydrogen-bond acceptors (Lipinski definition) is 2. The van der Waals surface area contributed by atoms with Crippen molar-refractivity contribution >= 4 is 11.8 Å².